The summed E-state index contributed by atoms with van der Waals surface area (Å²) in [5.74, 6) is -2.19. The highest BCUT2D eigenvalue weighted by atomic mass is 32.2. The molecule has 1 aliphatic heterocycles. The molecule has 0 saturated carbocycles. The number of hydrogen-bond acceptors (Lipinski definition) is 4. The number of hydrogen-bond donors (Lipinski definition) is 1. The van der Waals surface area contributed by atoms with Gasteiger partial charge in [0.2, 0.25) is 10.0 Å². The number of carboxylic acid groups (broad SMARTS) is 1. The molecule has 0 aromatic heterocycles. The Morgan fingerprint density at radius 2 is 1.58 bits per heavy atom. The Bertz CT molecular complexity index is 1080. The molecule has 0 spiro atoms. The minimum Gasteiger partial charge on any atom is -0.481 e. The number of carboxylic acids is 1. The Morgan fingerprint density at radius 3 is 2.16 bits per heavy atom. The number of fused-ring (bicyclic) bond motifs is 1. The fraction of sp³-hybridized carbons (Fsp3) is 0.381. The van der Waals surface area contributed by atoms with Crippen molar-refractivity contribution in [3.63, 3.8) is 0 Å². The van der Waals surface area contributed by atoms with Crippen molar-refractivity contribution in [2.24, 2.45) is 5.92 Å². The van der Waals surface area contributed by atoms with Gasteiger partial charge in [0.25, 0.3) is 0 Å². The number of benzene rings is 2. The first-order valence-corrected chi connectivity index (χ1v) is 11.3. The lowest BCUT2D eigenvalue weighted by Crippen LogP contribution is -2.50. The second kappa shape index (κ2) is 7.83. The van der Waals surface area contributed by atoms with Gasteiger partial charge in [-0.3, -0.25) is 4.79 Å². The number of carbonyl (C=O) groups is 1. The van der Waals surface area contributed by atoms with E-state index in [1.54, 1.807) is 24.3 Å². The highest BCUT2D eigenvalue weighted by Crippen LogP contribution is 2.43. The lowest BCUT2D eigenvalue weighted by Gasteiger charge is -2.37. The van der Waals surface area contributed by atoms with Crippen molar-refractivity contribution in [3.05, 3.63) is 65.2 Å². The number of sulfonamides is 1. The summed E-state index contributed by atoms with van der Waals surface area (Å²) in [6.45, 7) is 0.871. The van der Waals surface area contributed by atoms with Gasteiger partial charge in [0.05, 0.1) is 11.5 Å². The topological polar surface area (TPSA) is 77.9 Å². The molecule has 1 aliphatic carbocycles. The summed E-state index contributed by atoms with van der Waals surface area (Å²) in [5, 5.41) is 8.48. The third kappa shape index (κ3) is 4.01. The quantitative estimate of drug-likeness (QED) is 0.768. The van der Waals surface area contributed by atoms with Gasteiger partial charge in [0.15, 0.2) is 0 Å². The number of aliphatic carboxylic acids is 1. The highest BCUT2D eigenvalue weighted by Gasteiger charge is 2.47. The normalized spacial score (nSPS) is 22.4. The molecule has 0 bridgehead atoms. The second-order valence-corrected chi connectivity index (χ2v) is 9.80. The zero-order valence-electron chi connectivity index (χ0n) is 16.4. The van der Waals surface area contributed by atoms with E-state index in [9.17, 15) is 31.5 Å². The van der Waals surface area contributed by atoms with Crippen LogP contribution in [0.2, 0.25) is 0 Å². The number of piperazine rings is 1. The van der Waals surface area contributed by atoms with E-state index in [1.165, 1.54) is 16.4 Å². The maximum absolute atomic E-state index is 13.4. The average Bonchev–Trinajstić information content (AvgIpc) is 3.14. The van der Waals surface area contributed by atoms with Crippen molar-refractivity contribution >= 4 is 21.7 Å². The van der Waals surface area contributed by atoms with E-state index in [0.29, 0.717) is 24.3 Å². The Morgan fingerprint density at radius 1 is 0.968 bits per heavy atom. The van der Waals surface area contributed by atoms with Crippen LogP contribution in [0.15, 0.2) is 48.5 Å². The Hall–Kier alpha value is -2.59. The molecule has 2 atom stereocenters. The van der Waals surface area contributed by atoms with Crippen molar-refractivity contribution in [1.82, 2.24) is 4.31 Å². The molecule has 2 aromatic rings. The van der Waals surface area contributed by atoms with Gasteiger partial charge >= 0.3 is 12.1 Å². The first-order valence-electron chi connectivity index (χ1n) is 9.81. The van der Waals surface area contributed by atoms with Gasteiger partial charge in [-0.15, -0.1) is 0 Å². The number of rotatable bonds is 4. The summed E-state index contributed by atoms with van der Waals surface area (Å²) >= 11 is 0. The van der Waals surface area contributed by atoms with E-state index >= 15 is 0 Å². The SMILES string of the molecule is O=C(O)C1Cc2ccccc2C1S(=O)(=O)N1CCN(c2ccc(C(F)(F)F)cc2)CC1. The van der Waals surface area contributed by atoms with E-state index in [0.717, 1.165) is 17.7 Å². The first kappa shape index (κ1) is 21.6. The molecule has 10 heteroatoms. The molecule has 6 nitrogen and oxygen atoms in total. The predicted octanol–water partition coefficient (Wildman–Crippen LogP) is 3.16. The maximum Gasteiger partial charge on any atom is 0.416 e. The van der Waals surface area contributed by atoms with Crippen LogP contribution in [0.5, 0.6) is 0 Å². The molecular weight excluding hydrogens is 433 g/mol. The van der Waals surface area contributed by atoms with E-state index in [4.69, 9.17) is 0 Å². The molecule has 1 fully saturated rings. The lowest BCUT2D eigenvalue weighted by molar-refractivity contribution is -0.141. The molecule has 1 N–H and O–H groups in total. The van der Waals surface area contributed by atoms with E-state index in [2.05, 4.69) is 0 Å². The minimum absolute atomic E-state index is 0.133. The molecule has 2 unspecified atom stereocenters. The van der Waals surface area contributed by atoms with Gasteiger partial charge < -0.3 is 10.0 Å². The van der Waals surface area contributed by atoms with E-state index < -0.39 is 38.9 Å². The van der Waals surface area contributed by atoms with Crippen molar-refractivity contribution in [3.8, 4) is 0 Å². The zero-order valence-corrected chi connectivity index (χ0v) is 17.2. The summed E-state index contributed by atoms with van der Waals surface area (Å²) in [5.41, 5.74) is 1.10. The standard InChI is InChI=1S/C21H21F3N2O4S/c22-21(23,24)15-5-7-16(8-6-15)25-9-11-26(12-10-25)31(29,30)19-17-4-2-1-3-14(17)13-18(19)20(27)28/h1-8,18-19H,9-13H2,(H,27,28). The van der Waals surface area contributed by atoms with Gasteiger partial charge in [-0.1, -0.05) is 24.3 Å². The number of halogens is 3. The summed E-state index contributed by atoms with van der Waals surface area (Å²) < 4.78 is 66.3. The van der Waals surface area contributed by atoms with Crippen LogP contribution in [-0.4, -0.2) is 50.0 Å². The van der Waals surface area contributed by atoms with Crippen LogP contribution in [0.3, 0.4) is 0 Å². The van der Waals surface area contributed by atoms with Gasteiger partial charge in [-0.2, -0.15) is 17.5 Å². The Balaban J connectivity index is 1.51. The van der Waals surface area contributed by atoms with Gasteiger partial charge in [0, 0.05) is 31.9 Å². The lowest BCUT2D eigenvalue weighted by atomic mass is 10.1. The van der Waals surface area contributed by atoms with Crippen LogP contribution in [-0.2, 0) is 27.4 Å². The van der Waals surface area contributed by atoms with Gasteiger partial charge in [-0.05, 0) is 41.8 Å². The van der Waals surface area contributed by atoms with Crippen molar-refractivity contribution in [1.29, 1.82) is 0 Å². The number of anilines is 1. The Kier molecular flexibility index (Phi) is 5.47. The third-order valence-electron chi connectivity index (χ3n) is 5.96. The minimum atomic E-state index is -4.41. The molecule has 0 radical (unpaired) electrons. The predicted molar refractivity (Wildman–Crippen MR) is 108 cm³/mol. The molecule has 1 saturated heterocycles. The maximum atomic E-state index is 13.4. The molecule has 4 rings (SSSR count). The van der Waals surface area contributed by atoms with Crippen LogP contribution in [0, 0.1) is 5.92 Å². The molecule has 2 aliphatic rings. The molecule has 1 heterocycles. The fourth-order valence-electron chi connectivity index (χ4n) is 4.37. The number of alkyl halides is 3. The molecular formula is C21H21F3N2O4S. The smallest absolute Gasteiger partial charge is 0.416 e. The molecule has 0 amide bonds. The highest BCUT2D eigenvalue weighted by molar-refractivity contribution is 7.89. The molecule has 166 valence electrons. The summed E-state index contributed by atoms with van der Waals surface area (Å²) in [7, 11) is -3.92. The van der Waals surface area contributed by atoms with Crippen LogP contribution < -0.4 is 4.90 Å². The largest absolute Gasteiger partial charge is 0.481 e. The molecule has 31 heavy (non-hydrogen) atoms. The molecule has 2 aromatic carbocycles. The van der Waals surface area contributed by atoms with Crippen molar-refractivity contribution in [2.45, 2.75) is 17.8 Å². The average molecular weight is 454 g/mol. The summed E-state index contributed by atoms with van der Waals surface area (Å²) in [6.07, 6.45) is -4.25. The third-order valence-corrected chi connectivity index (χ3v) is 8.27. The first-order chi connectivity index (χ1) is 14.6. The monoisotopic (exact) mass is 454 g/mol. The van der Waals surface area contributed by atoms with Crippen LogP contribution in [0.25, 0.3) is 0 Å². The van der Waals surface area contributed by atoms with Crippen LogP contribution in [0.4, 0.5) is 18.9 Å². The van der Waals surface area contributed by atoms with Crippen LogP contribution in [0.1, 0.15) is 21.9 Å². The Labute approximate surface area is 177 Å². The van der Waals surface area contributed by atoms with Gasteiger partial charge in [-0.25, -0.2) is 8.42 Å². The van der Waals surface area contributed by atoms with Crippen LogP contribution >= 0.6 is 0 Å². The van der Waals surface area contributed by atoms with Crippen molar-refractivity contribution < 1.29 is 31.5 Å². The van der Waals surface area contributed by atoms with Crippen molar-refractivity contribution in [2.75, 3.05) is 31.1 Å². The van der Waals surface area contributed by atoms with E-state index in [1.807, 2.05) is 4.90 Å². The summed E-state index contributed by atoms with van der Waals surface area (Å²) in [4.78, 5) is 13.6. The summed E-state index contributed by atoms with van der Waals surface area (Å²) in [6, 6.07) is 11.6. The number of nitrogens with zero attached hydrogens (tertiary/aromatic N) is 2. The second-order valence-electron chi connectivity index (χ2n) is 7.74. The zero-order chi connectivity index (χ0) is 22.4. The van der Waals surface area contributed by atoms with Gasteiger partial charge in [0.1, 0.15) is 5.25 Å². The fourth-order valence-corrected chi connectivity index (χ4v) is 6.54. The van der Waals surface area contributed by atoms with E-state index in [-0.39, 0.29) is 19.5 Å².